The number of nitrogens with zero attached hydrogens (tertiary/aromatic N) is 3. The van der Waals surface area contributed by atoms with E-state index in [0.29, 0.717) is 0 Å². The number of oxime groups is 1. The maximum absolute atomic E-state index is 12.5. The van der Waals surface area contributed by atoms with Crippen LogP contribution in [0.4, 0.5) is 19.0 Å². The summed E-state index contributed by atoms with van der Waals surface area (Å²) in [4.78, 5) is 27.7. The summed E-state index contributed by atoms with van der Waals surface area (Å²) in [7, 11) is 0. The standard InChI is InChI=1S/C14H13F3N6O4/c15-14(16,17)13(25)20-8(7-4-2-1-3-5-7)6-9(24)26-22-11(18)10-12(19)23-27-21-10/h1-5,8H,6H2,(H2,18,22)(H2,19,23)(H,20,25). The number of hydrogen-bond acceptors (Lipinski definition) is 8. The van der Waals surface area contributed by atoms with Crippen LogP contribution < -0.4 is 16.8 Å². The van der Waals surface area contributed by atoms with Gasteiger partial charge in [-0.2, -0.15) is 13.2 Å². The summed E-state index contributed by atoms with van der Waals surface area (Å²) in [6.45, 7) is 0. The topological polar surface area (TPSA) is 159 Å². The number of aromatic nitrogens is 2. The van der Waals surface area contributed by atoms with Gasteiger partial charge in [0.05, 0.1) is 12.5 Å². The molecule has 1 aromatic heterocycles. The van der Waals surface area contributed by atoms with Crippen LogP contribution in [0.2, 0.25) is 0 Å². The molecule has 1 aromatic carbocycles. The third-order valence-electron chi connectivity index (χ3n) is 3.14. The number of hydrogen-bond donors (Lipinski definition) is 3. The zero-order valence-corrected chi connectivity index (χ0v) is 13.4. The number of nitrogens with one attached hydrogen (secondary N) is 1. The number of nitrogens with two attached hydrogens (primary N) is 2. The highest BCUT2D eigenvalue weighted by atomic mass is 19.4. The molecule has 0 radical (unpaired) electrons. The van der Waals surface area contributed by atoms with Crippen molar-refractivity contribution < 1.29 is 32.2 Å². The molecule has 1 amide bonds. The summed E-state index contributed by atoms with van der Waals surface area (Å²) in [6, 6.07) is 6.25. The fraction of sp³-hybridized carbons (Fsp3) is 0.214. The molecular weight excluding hydrogens is 373 g/mol. The van der Waals surface area contributed by atoms with Gasteiger partial charge in [0.2, 0.25) is 0 Å². The Kier molecular flexibility index (Phi) is 5.95. The zero-order valence-electron chi connectivity index (χ0n) is 13.4. The molecular formula is C14H13F3N6O4. The normalized spacial score (nSPS) is 13.1. The van der Waals surface area contributed by atoms with E-state index in [9.17, 15) is 22.8 Å². The molecule has 2 aromatic rings. The predicted octanol–water partition coefficient (Wildman–Crippen LogP) is 0.625. The molecule has 0 aliphatic carbocycles. The molecule has 1 heterocycles. The molecule has 0 aliphatic rings. The number of anilines is 1. The number of nitrogen functional groups attached to an aromatic ring is 1. The first-order valence-electron chi connectivity index (χ1n) is 7.23. The van der Waals surface area contributed by atoms with E-state index in [1.54, 1.807) is 11.4 Å². The van der Waals surface area contributed by atoms with Crippen LogP contribution in [0.1, 0.15) is 23.7 Å². The number of amides is 1. The van der Waals surface area contributed by atoms with Crippen LogP contribution in [0.15, 0.2) is 40.1 Å². The van der Waals surface area contributed by atoms with Crippen molar-refractivity contribution in [2.45, 2.75) is 18.6 Å². The number of amidine groups is 1. The average Bonchev–Trinajstić information content (AvgIpc) is 3.05. The van der Waals surface area contributed by atoms with E-state index < -0.39 is 36.4 Å². The maximum atomic E-state index is 12.5. The first kappa shape index (κ1) is 19.7. The van der Waals surface area contributed by atoms with Crippen molar-refractivity contribution in [3.8, 4) is 0 Å². The van der Waals surface area contributed by atoms with Crippen molar-refractivity contribution in [1.29, 1.82) is 0 Å². The lowest BCUT2D eigenvalue weighted by molar-refractivity contribution is -0.174. The van der Waals surface area contributed by atoms with Gasteiger partial charge in [0, 0.05) is 0 Å². The van der Waals surface area contributed by atoms with Gasteiger partial charge in [-0.3, -0.25) is 4.79 Å². The van der Waals surface area contributed by atoms with Gasteiger partial charge in [-0.25, -0.2) is 9.42 Å². The van der Waals surface area contributed by atoms with E-state index in [0.717, 1.165) is 0 Å². The molecule has 10 nitrogen and oxygen atoms in total. The van der Waals surface area contributed by atoms with Crippen LogP contribution in [0, 0.1) is 0 Å². The second-order valence-electron chi connectivity index (χ2n) is 5.08. The van der Waals surface area contributed by atoms with Crippen molar-refractivity contribution in [2.75, 3.05) is 5.73 Å². The summed E-state index contributed by atoms with van der Waals surface area (Å²) in [6.07, 6.45) is -5.76. The van der Waals surface area contributed by atoms with Gasteiger partial charge in [0.25, 0.3) is 0 Å². The first-order valence-corrected chi connectivity index (χ1v) is 7.23. The van der Waals surface area contributed by atoms with Gasteiger partial charge in [-0.15, -0.1) is 0 Å². The number of carbonyl (C=O) groups excluding carboxylic acids is 2. The third kappa shape index (κ3) is 5.42. The van der Waals surface area contributed by atoms with Gasteiger partial charge in [-0.1, -0.05) is 35.5 Å². The van der Waals surface area contributed by atoms with Gasteiger partial charge in [0.15, 0.2) is 17.3 Å². The lowest BCUT2D eigenvalue weighted by Gasteiger charge is -2.18. The van der Waals surface area contributed by atoms with Crippen molar-refractivity contribution in [2.24, 2.45) is 10.9 Å². The average molecular weight is 386 g/mol. The molecule has 1 unspecified atom stereocenters. The minimum Gasteiger partial charge on any atom is -0.379 e. The van der Waals surface area contributed by atoms with Crippen LogP contribution in [0.5, 0.6) is 0 Å². The van der Waals surface area contributed by atoms with Gasteiger partial charge in [-0.05, 0) is 15.9 Å². The van der Waals surface area contributed by atoms with Crippen molar-refractivity contribution in [3.05, 3.63) is 41.6 Å². The summed E-state index contributed by atoms with van der Waals surface area (Å²) < 4.78 is 41.8. The zero-order chi connectivity index (χ0) is 20.0. The quantitative estimate of drug-likeness (QED) is 0.282. The Morgan fingerprint density at radius 3 is 2.48 bits per heavy atom. The number of alkyl halides is 3. The van der Waals surface area contributed by atoms with E-state index in [-0.39, 0.29) is 17.1 Å². The lowest BCUT2D eigenvalue weighted by Crippen LogP contribution is -2.39. The second-order valence-corrected chi connectivity index (χ2v) is 5.08. The minimum atomic E-state index is -5.11. The summed E-state index contributed by atoms with van der Waals surface area (Å²) in [5, 5.41) is 11.6. The van der Waals surface area contributed by atoms with Gasteiger partial charge >= 0.3 is 18.1 Å². The number of benzene rings is 1. The Morgan fingerprint density at radius 1 is 1.26 bits per heavy atom. The number of halogens is 3. The highest BCUT2D eigenvalue weighted by molar-refractivity contribution is 5.99. The Hall–Kier alpha value is -3.64. The first-order chi connectivity index (χ1) is 12.7. The summed E-state index contributed by atoms with van der Waals surface area (Å²) in [5.41, 5.74) is 10.9. The molecule has 0 fully saturated rings. The molecule has 27 heavy (non-hydrogen) atoms. The van der Waals surface area contributed by atoms with E-state index >= 15 is 0 Å². The number of rotatable bonds is 6. The Bertz CT molecular complexity index is 837. The Labute approximate surface area is 149 Å². The van der Waals surface area contributed by atoms with Crippen molar-refractivity contribution in [1.82, 2.24) is 15.6 Å². The Balaban J connectivity index is 2.09. The van der Waals surface area contributed by atoms with Gasteiger partial charge in [0.1, 0.15) is 0 Å². The van der Waals surface area contributed by atoms with Crippen LogP contribution >= 0.6 is 0 Å². The molecule has 0 spiro atoms. The highest BCUT2D eigenvalue weighted by Gasteiger charge is 2.40. The maximum Gasteiger partial charge on any atom is 0.471 e. The lowest BCUT2D eigenvalue weighted by atomic mass is 10.0. The largest absolute Gasteiger partial charge is 0.471 e. The molecule has 2 rings (SSSR count). The van der Waals surface area contributed by atoms with E-state index in [1.165, 1.54) is 24.3 Å². The second kappa shape index (κ2) is 8.16. The SMILES string of the molecule is N/C(=N/OC(=O)CC(NC(=O)C(F)(F)F)c1ccccc1)c1nonc1N. The van der Waals surface area contributed by atoms with Gasteiger partial charge < -0.3 is 21.6 Å². The molecule has 144 valence electrons. The molecule has 5 N–H and O–H groups in total. The summed E-state index contributed by atoms with van der Waals surface area (Å²) >= 11 is 0. The molecule has 0 bridgehead atoms. The minimum absolute atomic E-state index is 0.173. The molecule has 0 saturated heterocycles. The third-order valence-corrected chi connectivity index (χ3v) is 3.14. The molecule has 1 atom stereocenters. The summed E-state index contributed by atoms with van der Waals surface area (Å²) in [5.74, 6) is -3.90. The van der Waals surface area contributed by atoms with E-state index in [1.807, 2.05) is 0 Å². The fourth-order valence-electron chi connectivity index (χ4n) is 1.90. The molecule has 0 saturated carbocycles. The van der Waals surface area contributed by atoms with Crippen LogP contribution in [-0.2, 0) is 14.4 Å². The van der Waals surface area contributed by atoms with Crippen molar-refractivity contribution in [3.63, 3.8) is 0 Å². The van der Waals surface area contributed by atoms with Crippen LogP contribution in [-0.4, -0.2) is 34.2 Å². The molecule has 13 heteroatoms. The van der Waals surface area contributed by atoms with Crippen molar-refractivity contribution >= 4 is 23.5 Å². The fourth-order valence-corrected chi connectivity index (χ4v) is 1.90. The monoisotopic (exact) mass is 386 g/mol. The highest BCUT2D eigenvalue weighted by Crippen LogP contribution is 2.21. The van der Waals surface area contributed by atoms with Crippen LogP contribution in [0.3, 0.4) is 0 Å². The number of carbonyl (C=O) groups is 2. The smallest absolute Gasteiger partial charge is 0.379 e. The predicted molar refractivity (Wildman–Crippen MR) is 83.5 cm³/mol. The Morgan fingerprint density at radius 2 is 1.93 bits per heavy atom. The van der Waals surface area contributed by atoms with Crippen LogP contribution in [0.25, 0.3) is 0 Å². The van der Waals surface area contributed by atoms with E-state index in [4.69, 9.17) is 11.5 Å². The molecule has 0 aliphatic heterocycles. The van der Waals surface area contributed by atoms with E-state index in [2.05, 4.69) is 24.9 Å².